The molecule has 2 atom stereocenters. The summed E-state index contributed by atoms with van der Waals surface area (Å²) in [5, 5.41) is 6.61. The zero-order chi connectivity index (χ0) is 13.9. The zero-order valence-corrected chi connectivity index (χ0v) is 11.8. The van der Waals surface area contributed by atoms with Crippen molar-refractivity contribution in [3.63, 3.8) is 0 Å². The Balaban J connectivity index is 2.73. The Morgan fingerprint density at radius 3 is 2.50 bits per heavy atom. The molecule has 0 spiro atoms. The fraction of sp³-hybridized carbons (Fsp3) is 0.667. The van der Waals surface area contributed by atoms with Gasteiger partial charge in [-0.1, -0.05) is 5.16 Å². The van der Waals surface area contributed by atoms with Crippen LogP contribution >= 0.6 is 0 Å². The first-order valence-corrected chi connectivity index (χ1v) is 5.86. The lowest BCUT2D eigenvalue weighted by Crippen LogP contribution is -2.46. The van der Waals surface area contributed by atoms with Crippen LogP contribution in [0.1, 0.15) is 29.9 Å². The average Bonchev–Trinajstić information content (AvgIpc) is 2.68. The second kappa shape index (κ2) is 5.86. The summed E-state index contributed by atoms with van der Waals surface area (Å²) in [5.74, 6) is 0.0224. The molecule has 0 radical (unpaired) electrons. The van der Waals surface area contributed by atoms with Crippen LogP contribution in [0.5, 0.6) is 5.95 Å². The van der Waals surface area contributed by atoms with Gasteiger partial charge in [0.2, 0.25) is 0 Å². The Hall–Kier alpha value is -1.56. The first-order valence-electron chi connectivity index (χ1n) is 5.86. The number of ether oxygens (including phenoxy) is 1. The van der Waals surface area contributed by atoms with E-state index in [0.29, 0.717) is 5.56 Å². The van der Waals surface area contributed by atoms with Crippen molar-refractivity contribution in [1.82, 2.24) is 15.4 Å². The van der Waals surface area contributed by atoms with Crippen LogP contribution in [0.15, 0.2) is 4.52 Å². The normalized spacial score (nSPS) is 14.4. The monoisotopic (exact) mass is 255 g/mol. The molecule has 1 heterocycles. The number of likely N-dealkylation sites (N-methyl/N-ethyl adjacent to an activating group) is 1. The molecule has 0 aromatic carbocycles. The van der Waals surface area contributed by atoms with E-state index in [4.69, 9.17) is 9.26 Å². The molecule has 18 heavy (non-hydrogen) atoms. The number of hydrogen-bond donors (Lipinski definition) is 1. The molecule has 2 unspecified atom stereocenters. The predicted molar refractivity (Wildman–Crippen MR) is 67.9 cm³/mol. The number of rotatable bonds is 5. The number of nitrogens with zero attached hydrogens (tertiary/aromatic N) is 2. The highest BCUT2D eigenvalue weighted by molar-refractivity contribution is 5.94. The molecule has 1 aromatic heterocycles. The number of amides is 1. The standard InChI is InChI=1S/C12H21N3O3/c1-7-10(14-18-12(7)17-6)11(16)13-8(2)9(3)15(4)5/h8-9H,1-6H3,(H,13,16). The van der Waals surface area contributed by atoms with E-state index in [9.17, 15) is 4.79 Å². The van der Waals surface area contributed by atoms with Gasteiger partial charge < -0.3 is 19.5 Å². The summed E-state index contributed by atoms with van der Waals surface area (Å²) in [4.78, 5) is 14.1. The van der Waals surface area contributed by atoms with Crippen molar-refractivity contribution in [2.24, 2.45) is 0 Å². The van der Waals surface area contributed by atoms with Gasteiger partial charge in [0.15, 0.2) is 5.69 Å². The summed E-state index contributed by atoms with van der Waals surface area (Å²) in [7, 11) is 5.42. The third kappa shape index (κ3) is 3.01. The summed E-state index contributed by atoms with van der Waals surface area (Å²) in [6.07, 6.45) is 0. The number of methoxy groups -OCH3 is 1. The molecule has 6 heteroatoms. The van der Waals surface area contributed by atoms with Gasteiger partial charge in [-0.05, 0) is 34.9 Å². The van der Waals surface area contributed by atoms with Gasteiger partial charge in [-0.3, -0.25) is 4.79 Å². The van der Waals surface area contributed by atoms with Crippen LogP contribution in [-0.2, 0) is 0 Å². The minimum Gasteiger partial charge on any atom is -0.467 e. The third-order valence-corrected chi connectivity index (χ3v) is 3.18. The van der Waals surface area contributed by atoms with E-state index in [1.807, 2.05) is 32.8 Å². The van der Waals surface area contributed by atoms with Gasteiger partial charge in [0.1, 0.15) is 0 Å². The topological polar surface area (TPSA) is 67.6 Å². The van der Waals surface area contributed by atoms with Crippen molar-refractivity contribution < 1.29 is 14.1 Å². The smallest absolute Gasteiger partial charge is 0.314 e. The van der Waals surface area contributed by atoms with Crippen LogP contribution in [0, 0.1) is 6.92 Å². The molecule has 1 N–H and O–H groups in total. The molecule has 102 valence electrons. The van der Waals surface area contributed by atoms with Crippen LogP contribution in [0.25, 0.3) is 0 Å². The third-order valence-electron chi connectivity index (χ3n) is 3.18. The van der Waals surface area contributed by atoms with Crippen molar-refractivity contribution in [1.29, 1.82) is 0 Å². The van der Waals surface area contributed by atoms with E-state index in [0.717, 1.165) is 0 Å². The van der Waals surface area contributed by atoms with Crippen molar-refractivity contribution in [2.75, 3.05) is 21.2 Å². The largest absolute Gasteiger partial charge is 0.467 e. The van der Waals surface area contributed by atoms with Crippen molar-refractivity contribution in [2.45, 2.75) is 32.9 Å². The summed E-state index contributed by atoms with van der Waals surface area (Å²) < 4.78 is 9.86. The zero-order valence-electron chi connectivity index (χ0n) is 11.8. The van der Waals surface area contributed by atoms with E-state index in [1.165, 1.54) is 7.11 Å². The molecule has 1 rings (SSSR count). The first kappa shape index (κ1) is 14.5. The lowest BCUT2D eigenvalue weighted by molar-refractivity contribution is 0.0909. The van der Waals surface area contributed by atoms with Gasteiger partial charge in [0.25, 0.3) is 5.91 Å². The van der Waals surface area contributed by atoms with Crippen molar-refractivity contribution in [3.8, 4) is 5.95 Å². The molecule has 0 aliphatic rings. The van der Waals surface area contributed by atoms with Gasteiger partial charge in [-0.2, -0.15) is 0 Å². The second-order valence-corrected chi connectivity index (χ2v) is 4.61. The Labute approximate surface area is 107 Å². The quantitative estimate of drug-likeness (QED) is 0.852. The summed E-state index contributed by atoms with van der Waals surface area (Å²) in [5.41, 5.74) is 0.879. The van der Waals surface area contributed by atoms with Gasteiger partial charge in [-0.15, -0.1) is 0 Å². The van der Waals surface area contributed by atoms with Gasteiger partial charge in [0.05, 0.1) is 12.7 Å². The fourth-order valence-corrected chi connectivity index (χ4v) is 1.57. The number of hydrogen-bond acceptors (Lipinski definition) is 5. The van der Waals surface area contributed by atoms with E-state index < -0.39 is 0 Å². The van der Waals surface area contributed by atoms with Crippen LogP contribution < -0.4 is 10.1 Å². The van der Waals surface area contributed by atoms with Crippen LogP contribution in [0.2, 0.25) is 0 Å². The molecule has 1 amide bonds. The molecule has 0 fully saturated rings. The maximum Gasteiger partial charge on any atom is 0.314 e. The number of carbonyl (C=O) groups excluding carboxylic acids is 1. The fourth-order valence-electron chi connectivity index (χ4n) is 1.57. The minimum absolute atomic E-state index is 0.00888. The Morgan fingerprint density at radius 2 is 2.06 bits per heavy atom. The van der Waals surface area contributed by atoms with Crippen LogP contribution in [0.3, 0.4) is 0 Å². The summed E-state index contributed by atoms with van der Waals surface area (Å²) >= 11 is 0. The van der Waals surface area contributed by atoms with Crippen LogP contribution in [0.4, 0.5) is 0 Å². The maximum atomic E-state index is 12.0. The Morgan fingerprint density at radius 1 is 1.44 bits per heavy atom. The second-order valence-electron chi connectivity index (χ2n) is 4.61. The molecule has 0 aliphatic heterocycles. The van der Waals surface area contributed by atoms with Gasteiger partial charge in [0, 0.05) is 12.1 Å². The molecule has 0 bridgehead atoms. The molecule has 0 aliphatic carbocycles. The average molecular weight is 255 g/mol. The number of carbonyl (C=O) groups is 1. The molecule has 1 aromatic rings. The molecule has 6 nitrogen and oxygen atoms in total. The number of nitrogens with one attached hydrogen (secondary N) is 1. The van der Waals surface area contributed by atoms with Gasteiger partial charge >= 0.3 is 5.95 Å². The SMILES string of the molecule is COc1onc(C(=O)NC(C)C(C)N(C)C)c1C. The molecular weight excluding hydrogens is 234 g/mol. The Kier molecular flexibility index (Phi) is 4.72. The van der Waals surface area contributed by atoms with Crippen molar-refractivity contribution in [3.05, 3.63) is 11.3 Å². The molecule has 0 saturated carbocycles. The maximum absolute atomic E-state index is 12.0. The summed E-state index contributed by atoms with van der Waals surface area (Å²) in [6, 6.07) is 0.234. The molecular formula is C12H21N3O3. The highest BCUT2D eigenvalue weighted by atomic mass is 16.6. The van der Waals surface area contributed by atoms with Crippen LogP contribution in [-0.4, -0.2) is 49.3 Å². The summed E-state index contributed by atoms with van der Waals surface area (Å²) in [6.45, 7) is 5.74. The molecule has 0 saturated heterocycles. The van der Waals surface area contributed by atoms with E-state index in [1.54, 1.807) is 6.92 Å². The minimum atomic E-state index is -0.249. The highest BCUT2D eigenvalue weighted by Crippen LogP contribution is 2.20. The van der Waals surface area contributed by atoms with E-state index in [-0.39, 0.29) is 29.6 Å². The van der Waals surface area contributed by atoms with E-state index >= 15 is 0 Å². The predicted octanol–water partition coefficient (Wildman–Crippen LogP) is 1.06. The van der Waals surface area contributed by atoms with Crippen molar-refractivity contribution >= 4 is 5.91 Å². The Bertz CT molecular complexity index is 415. The lowest BCUT2D eigenvalue weighted by atomic mass is 10.1. The van der Waals surface area contributed by atoms with Gasteiger partial charge in [-0.25, -0.2) is 0 Å². The lowest BCUT2D eigenvalue weighted by Gasteiger charge is -2.26. The first-order chi connectivity index (χ1) is 8.38. The van der Waals surface area contributed by atoms with E-state index in [2.05, 4.69) is 10.5 Å². The number of aromatic nitrogens is 1. The highest BCUT2D eigenvalue weighted by Gasteiger charge is 2.23.